The van der Waals surface area contributed by atoms with Crippen molar-refractivity contribution in [1.29, 1.82) is 0 Å². The predicted octanol–water partition coefficient (Wildman–Crippen LogP) is 3.44. The number of hydrogen-bond donors (Lipinski definition) is 1. The Kier molecular flexibility index (Phi) is 7.67. The van der Waals surface area contributed by atoms with E-state index in [0.29, 0.717) is 0 Å². The molecule has 0 aliphatic heterocycles. The third-order valence-corrected chi connectivity index (χ3v) is 2.61. The Bertz CT molecular complexity index is 123. The highest BCUT2D eigenvalue weighted by molar-refractivity contribution is 7.96. The van der Waals surface area contributed by atoms with Crippen LogP contribution in [0.2, 0.25) is 0 Å². The molecule has 0 fully saturated rings. The van der Waals surface area contributed by atoms with Crippen molar-refractivity contribution in [2.24, 2.45) is 5.92 Å². The summed E-state index contributed by atoms with van der Waals surface area (Å²) in [7, 11) is 0. The predicted molar refractivity (Wildman–Crippen MR) is 56.5 cm³/mol. The molecule has 2 heteroatoms. The summed E-state index contributed by atoms with van der Waals surface area (Å²) in [6, 6.07) is 0. The van der Waals surface area contributed by atoms with Crippen LogP contribution in [-0.4, -0.2) is 5.12 Å². The first-order valence-corrected chi connectivity index (χ1v) is 5.39. The normalized spacial score (nSPS) is 12.9. The van der Waals surface area contributed by atoms with Gasteiger partial charge in [-0.1, -0.05) is 39.5 Å². The van der Waals surface area contributed by atoms with E-state index in [1.807, 2.05) is 0 Å². The average molecular weight is 188 g/mol. The molecule has 0 heterocycles. The molecule has 1 nitrogen and oxygen atoms in total. The molecule has 0 saturated carbocycles. The number of carbonyl (C=O) groups excluding carboxylic acids is 1. The SMILES string of the molecule is CCCCCC[C@H](CC)C(=O)S. The van der Waals surface area contributed by atoms with Crippen LogP contribution >= 0.6 is 12.6 Å². The van der Waals surface area contributed by atoms with E-state index in [1.165, 1.54) is 25.7 Å². The molecule has 0 spiro atoms. The lowest BCUT2D eigenvalue weighted by Gasteiger charge is -2.08. The van der Waals surface area contributed by atoms with E-state index in [4.69, 9.17) is 0 Å². The monoisotopic (exact) mass is 188 g/mol. The smallest absolute Gasteiger partial charge is 0.188 e. The van der Waals surface area contributed by atoms with Gasteiger partial charge in [0.15, 0.2) is 5.12 Å². The van der Waals surface area contributed by atoms with Gasteiger partial charge in [-0.2, -0.15) is 0 Å². The van der Waals surface area contributed by atoms with Crippen LogP contribution in [-0.2, 0) is 4.79 Å². The van der Waals surface area contributed by atoms with E-state index in [2.05, 4.69) is 26.5 Å². The summed E-state index contributed by atoms with van der Waals surface area (Å²) < 4.78 is 0. The fourth-order valence-corrected chi connectivity index (χ4v) is 1.63. The van der Waals surface area contributed by atoms with Gasteiger partial charge in [-0.15, -0.1) is 12.6 Å². The summed E-state index contributed by atoms with van der Waals surface area (Å²) in [4.78, 5) is 10.9. The van der Waals surface area contributed by atoms with Crippen molar-refractivity contribution in [3.63, 3.8) is 0 Å². The van der Waals surface area contributed by atoms with E-state index >= 15 is 0 Å². The summed E-state index contributed by atoms with van der Waals surface area (Å²) in [5.74, 6) is 0.199. The summed E-state index contributed by atoms with van der Waals surface area (Å²) in [5.41, 5.74) is 0. The third kappa shape index (κ3) is 5.64. The van der Waals surface area contributed by atoms with E-state index < -0.39 is 0 Å². The fraction of sp³-hybridized carbons (Fsp3) is 0.900. The molecule has 1 atom stereocenters. The highest BCUT2D eigenvalue weighted by atomic mass is 32.1. The Morgan fingerprint density at radius 2 is 1.92 bits per heavy atom. The van der Waals surface area contributed by atoms with Crippen molar-refractivity contribution in [2.45, 2.75) is 52.4 Å². The quantitative estimate of drug-likeness (QED) is 0.478. The van der Waals surface area contributed by atoms with Gasteiger partial charge in [-0.3, -0.25) is 4.79 Å². The van der Waals surface area contributed by atoms with Crippen LogP contribution in [0.4, 0.5) is 0 Å². The average Bonchev–Trinajstić information content (AvgIpc) is 2.04. The molecule has 0 unspecified atom stereocenters. The molecule has 0 aromatic carbocycles. The minimum absolute atomic E-state index is 0.0639. The van der Waals surface area contributed by atoms with Gasteiger partial charge in [0.1, 0.15) is 0 Å². The Morgan fingerprint density at radius 1 is 1.25 bits per heavy atom. The van der Waals surface area contributed by atoms with Crippen molar-refractivity contribution >= 4 is 17.7 Å². The molecular formula is C10H20OS. The maximum absolute atomic E-state index is 10.9. The Labute approximate surface area is 81.3 Å². The maximum atomic E-state index is 10.9. The Balaban J connectivity index is 3.38. The van der Waals surface area contributed by atoms with Crippen LogP contribution in [0.25, 0.3) is 0 Å². The fourth-order valence-electron chi connectivity index (χ4n) is 1.32. The lowest BCUT2D eigenvalue weighted by molar-refractivity contribution is -0.114. The topological polar surface area (TPSA) is 17.1 Å². The molecule has 0 saturated heterocycles. The van der Waals surface area contributed by atoms with Crippen molar-refractivity contribution in [1.82, 2.24) is 0 Å². The van der Waals surface area contributed by atoms with Gasteiger partial charge in [0.2, 0.25) is 0 Å². The van der Waals surface area contributed by atoms with Gasteiger partial charge < -0.3 is 0 Å². The van der Waals surface area contributed by atoms with Gasteiger partial charge >= 0.3 is 0 Å². The first kappa shape index (κ1) is 12.0. The second-order valence-corrected chi connectivity index (χ2v) is 3.73. The zero-order chi connectivity index (χ0) is 9.40. The van der Waals surface area contributed by atoms with Crippen molar-refractivity contribution in [3.8, 4) is 0 Å². The molecule has 0 aromatic rings. The molecule has 12 heavy (non-hydrogen) atoms. The summed E-state index contributed by atoms with van der Waals surface area (Å²) in [5, 5.41) is 0.0639. The highest BCUT2D eigenvalue weighted by Crippen LogP contribution is 2.16. The van der Waals surface area contributed by atoms with Gasteiger partial charge in [-0.05, 0) is 12.8 Å². The van der Waals surface area contributed by atoms with Crippen LogP contribution in [0.1, 0.15) is 52.4 Å². The first-order chi connectivity index (χ1) is 5.72. The van der Waals surface area contributed by atoms with Crippen LogP contribution in [0.15, 0.2) is 0 Å². The van der Waals surface area contributed by atoms with E-state index in [0.717, 1.165) is 12.8 Å². The summed E-state index contributed by atoms with van der Waals surface area (Å²) in [6.45, 7) is 4.25. The molecule has 72 valence electrons. The van der Waals surface area contributed by atoms with Crippen molar-refractivity contribution in [2.75, 3.05) is 0 Å². The van der Waals surface area contributed by atoms with E-state index in [9.17, 15) is 4.79 Å². The number of thiol groups is 1. The minimum Gasteiger partial charge on any atom is -0.287 e. The molecule has 0 N–H and O–H groups in total. The molecule has 0 rings (SSSR count). The summed E-state index contributed by atoms with van der Waals surface area (Å²) >= 11 is 3.86. The van der Waals surface area contributed by atoms with Gasteiger partial charge in [-0.25, -0.2) is 0 Å². The molecule has 0 amide bonds. The second kappa shape index (κ2) is 7.66. The third-order valence-electron chi connectivity index (χ3n) is 2.25. The van der Waals surface area contributed by atoms with E-state index in [1.54, 1.807) is 0 Å². The number of hydrogen-bond acceptors (Lipinski definition) is 1. The first-order valence-electron chi connectivity index (χ1n) is 4.95. The second-order valence-electron chi connectivity index (χ2n) is 3.29. The van der Waals surface area contributed by atoms with Crippen LogP contribution in [0.5, 0.6) is 0 Å². The zero-order valence-electron chi connectivity index (χ0n) is 8.18. The van der Waals surface area contributed by atoms with E-state index in [-0.39, 0.29) is 11.0 Å². The number of rotatable bonds is 7. The largest absolute Gasteiger partial charge is 0.287 e. The van der Waals surface area contributed by atoms with Gasteiger partial charge in [0.05, 0.1) is 0 Å². The van der Waals surface area contributed by atoms with Gasteiger partial charge in [0, 0.05) is 5.92 Å². The van der Waals surface area contributed by atoms with Crippen LogP contribution in [0.3, 0.4) is 0 Å². The van der Waals surface area contributed by atoms with Crippen molar-refractivity contribution < 1.29 is 4.79 Å². The van der Waals surface area contributed by atoms with Crippen molar-refractivity contribution in [3.05, 3.63) is 0 Å². The molecule has 0 aromatic heterocycles. The number of unbranched alkanes of at least 4 members (excludes halogenated alkanes) is 3. The molecule has 0 bridgehead atoms. The lowest BCUT2D eigenvalue weighted by atomic mass is 10.00. The summed E-state index contributed by atoms with van der Waals surface area (Å²) in [6.07, 6.45) is 6.95. The van der Waals surface area contributed by atoms with Crippen LogP contribution < -0.4 is 0 Å². The molecule has 0 aliphatic carbocycles. The molecular weight excluding hydrogens is 168 g/mol. The van der Waals surface area contributed by atoms with Gasteiger partial charge in [0.25, 0.3) is 0 Å². The Hall–Kier alpha value is 0.0200. The standard InChI is InChI=1S/C10H20OS/c1-3-5-6-7-8-9(4-2)10(11)12/h9H,3-8H2,1-2H3,(H,11,12)/t9-/m0/s1. The lowest BCUT2D eigenvalue weighted by Crippen LogP contribution is -2.06. The molecule has 0 radical (unpaired) electrons. The molecule has 0 aliphatic rings. The highest BCUT2D eigenvalue weighted by Gasteiger charge is 2.11. The van der Waals surface area contributed by atoms with Crippen LogP contribution in [0, 0.1) is 5.92 Å². The Morgan fingerprint density at radius 3 is 2.33 bits per heavy atom. The zero-order valence-corrected chi connectivity index (χ0v) is 9.07. The number of carbonyl (C=O) groups is 1. The minimum atomic E-state index is 0.0639. The maximum Gasteiger partial charge on any atom is 0.188 e.